The minimum Gasteiger partial charge on any atom is -0.347 e. The predicted octanol–water partition coefficient (Wildman–Crippen LogP) is 0.780. The molecule has 0 radical (unpaired) electrons. The average molecular weight is 354 g/mol. The second-order valence-electron chi connectivity index (χ2n) is 5.10. The van der Waals surface area contributed by atoms with Crippen molar-refractivity contribution in [3.8, 4) is 11.8 Å². The molecule has 3 aromatic rings. The zero-order chi connectivity index (χ0) is 17.6. The van der Waals surface area contributed by atoms with E-state index in [2.05, 4.69) is 20.7 Å². The Labute approximate surface area is 147 Å². The number of amides is 2. The molecule has 2 amide bonds. The summed E-state index contributed by atoms with van der Waals surface area (Å²) in [5.41, 5.74) is 1.74. The molecular formula is C16H14N6O2S. The van der Waals surface area contributed by atoms with E-state index in [0.29, 0.717) is 5.01 Å². The van der Waals surface area contributed by atoms with Gasteiger partial charge in [-0.15, -0.1) is 11.3 Å². The number of nitrogens with one attached hydrogen (secondary N) is 2. The molecule has 0 atom stereocenters. The highest BCUT2D eigenvalue weighted by atomic mass is 32.1. The molecule has 0 aliphatic carbocycles. The van der Waals surface area contributed by atoms with Gasteiger partial charge in [-0.3, -0.25) is 9.59 Å². The van der Waals surface area contributed by atoms with Gasteiger partial charge in [0, 0.05) is 12.4 Å². The van der Waals surface area contributed by atoms with Gasteiger partial charge in [-0.05, 0) is 24.3 Å². The fraction of sp³-hybridized carbons (Fsp3) is 0.188. The SMILES string of the molecule is N#CCNC(=O)CNC(=O)Cc1nc2ccc(-n3cccn3)cc2s1. The molecule has 3 rings (SSSR count). The number of carbonyl (C=O) groups excluding carboxylic acids is 2. The van der Waals surface area contributed by atoms with Gasteiger partial charge in [-0.1, -0.05) is 0 Å². The third-order valence-electron chi connectivity index (χ3n) is 3.31. The van der Waals surface area contributed by atoms with Crippen LogP contribution in [0.3, 0.4) is 0 Å². The molecular weight excluding hydrogens is 340 g/mol. The quantitative estimate of drug-likeness (QED) is 0.635. The van der Waals surface area contributed by atoms with Gasteiger partial charge < -0.3 is 10.6 Å². The molecule has 1 aromatic carbocycles. The van der Waals surface area contributed by atoms with E-state index in [9.17, 15) is 9.59 Å². The van der Waals surface area contributed by atoms with Crippen molar-refractivity contribution < 1.29 is 9.59 Å². The molecule has 0 spiro atoms. The van der Waals surface area contributed by atoms with Crippen LogP contribution >= 0.6 is 11.3 Å². The lowest BCUT2D eigenvalue weighted by Gasteiger charge is -2.03. The van der Waals surface area contributed by atoms with Crippen molar-refractivity contribution in [2.45, 2.75) is 6.42 Å². The first-order valence-corrected chi connectivity index (χ1v) is 8.27. The summed E-state index contributed by atoms with van der Waals surface area (Å²) in [7, 11) is 0. The highest BCUT2D eigenvalue weighted by Crippen LogP contribution is 2.24. The van der Waals surface area contributed by atoms with Crippen molar-refractivity contribution in [1.82, 2.24) is 25.4 Å². The number of fused-ring (bicyclic) bond motifs is 1. The zero-order valence-electron chi connectivity index (χ0n) is 13.1. The van der Waals surface area contributed by atoms with Crippen molar-refractivity contribution >= 4 is 33.4 Å². The van der Waals surface area contributed by atoms with E-state index in [-0.39, 0.29) is 25.4 Å². The summed E-state index contributed by atoms with van der Waals surface area (Å²) in [5, 5.41) is 18.1. The smallest absolute Gasteiger partial charge is 0.240 e. The van der Waals surface area contributed by atoms with Crippen molar-refractivity contribution in [1.29, 1.82) is 5.26 Å². The summed E-state index contributed by atoms with van der Waals surface area (Å²) < 4.78 is 2.72. The van der Waals surface area contributed by atoms with Crippen LogP contribution in [0.25, 0.3) is 15.9 Å². The molecule has 0 saturated carbocycles. The molecule has 2 aromatic heterocycles. The van der Waals surface area contributed by atoms with Crippen LogP contribution in [0.4, 0.5) is 0 Å². The second-order valence-corrected chi connectivity index (χ2v) is 6.21. The molecule has 0 aliphatic heterocycles. The van der Waals surface area contributed by atoms with Crippen LogP contribution in [0.1, 0.15) is 5.01 Å². The number of hydrogen-bond donors (Lipinski definition) is 2. The maximum atomic E-state index is 11.9. The first-order chi connectivity index (χ1) is 12.2. The molecule has 2 heterocycles. The largest absolute Gasteiger partial charge is 0.347 e. The van der Waals surface area contributed by atoms with Gasteiger partial charge in [0.25, 0.3) is 0 Å². The fourth-order valence-electron chi connectivity index (χ4n) is 2.18. The Morgan fingerprint density at radius 2 is 2.16 bits per heavy atom. The van der Waals surface area contributed by atoms with Crippen molar-refractivity contribution in [2.75, 3.05) is 13.1 Å². The van der Waals surface area contributed by atoms with E-state index in [0.717, 1.165) is 15.9 Å². The summed E-state index contributed by atoms with van der Waals surface area (Å²) in [6.07, 6.45) is 3.66. The topological polar surface area (TPSA) is 113 Å². The predicted molar refractivity (Wildman–Crippen MR) is 92.1 cm³/mol. The average Bonchev–Trinajstić information content (AvgIpc) is 3.26. The van der Waals surface area contributed by atoms with Crippen LogP contribution in [0.2, 0.25) is 0 Å². The fourth-order valence-corrected chi connectivity index (χ4v) is 3.18. The standard InChI is InChI=1S/C16H14N6O2S/c17-4-6-18-15(24)10-19-14(23)9-16-21-12-3-2-11(8-13(12)25-16)22-7-1-5-20-22/h1-3,5,7-8H,6,9-10H2,(H,18,24)(H,19,23). The van der Waals surface area contributed by atoms with E-state index < -0.39 is 5.91 Å². The summed E-state index contributed by atoms with van der Waals surface area (Å²) in [6.45, 7) is -0.236. The Morgan fingerprint density at radius 1 is 1.28 bits per heavy atom. The minimum absolute atomic E-state index is 0.0782. The number of thiazole rings is 1. The van der Waals surface area contributed by atoms with E-state index in [1.54, 1.807) is 16.9 Å². The highest BCUT2D eigenvalue weighted by Gasteiger charge is 2.11. The van der Waals surface area contributed by atoms with E-state index in [4.69, 9.17) is 5.26 Å². The zero-order valence-corrected chi connectivity index (χ0v) is 13.9. The van der Waals surface area contributed by atoms with Crippen LogP contribution in [0, 0.1) is 11.3 Å². The normalized spacial score (nSPS) is 10.4. The second kappa shape index (κ2) is 7.55. The van der Waals surface area contributed by atoms with Crippen molar-refractivity contribution in [3.05, 3.63) is 41.7 Å². The lowest BCUT2D eigenvalue weighted by Crippen LogP contribution is -2.37. The van der Waals surface area contributed by atoms with E-state index >= 15 is 0 Å². The number of nitriles is 1. The maximum Gasteiger partial charge on any atom is 0.240 e. The molecule has 0 saturated heterocycles. The number of benzene rings is 1. The highest BCUT2D eigenvalue weighted by molar-refractivity contribution is 7.18. The molecule has 0 fully saturated rings. The van der Waals surface area contributed by atoms with Crippen LogP contribution in [0.5, 0.6) is 0 Å². The number of aromatic nitrogens is 3. The number of hydrogen-bond acceptors (Lipinski definition) is 6. The van der Waals surface area contributed by atoms with Gasteiger partial charge in [-0.2, -0.15) is 10.4 Å². The Balaban J connectivity index is 1.63. The Bertz CT molecular complexity index is 941. The summed E-state index contributed by atoms with van der Waals surface area (Å²) >= 11 is 1.43. The van der Waals surface area contributed by atoms with Crippen molar-refractivity contribution in [3.63, 3.8) is 0 Å². The lowest BCUT2D eigenvalue weighted by molar-refractivity contribution is -0.125. The van der Waals surface area contributed by atoms with E-state index in [1.807, 2.05) is 30.5 Å². The number of nitrogens with zero attached hydrogens (tertiary/aromatic N) is 4. The third-order valence-corrected chi connectivity index (χ3v) is 4.33. The van der Waals surface area contributed by atoms with Crippen LogP contribution in [-0.4, -0.2) is 39.7 Å². The molecule has 2 N–H and O–H groups in total. The van der Waals surface area contributed by atoms with E-state index in [1.165, 1.54) is 11.3 Å². The monoisotopic (exact) mass is 354 g/mol. The van der Waals surface area contributed by atoms with Crippen LogP contribution < -0.4 is 10.6 Å². The molecule has 0 aliphatic rings. The van der Waals surface area contributed by atoms with Crippen molar-refractivity contribution in [2.24, 2.45) is 0 Å². The van der Waals surface area contributed by atoms with Gasteiger partial charge in [-0.25, -0.2) is 9.67 Å². The van der Waals surface area contributed by atoms with Gasteiger partial charge in [0.1, 0.15) is 11.6 Å². The molecule has 9 heteroatoms. The summed E-state index contributed by atoms with van der Waals surface area (Å²) in [5.74, 6) is -0.693. The Morgan fingerprint density at radius 3 is 2.92 bits per heavy atom. The Kier molecular flexibility index (Phi) is 5.01. The number of carbonyl (C=O) groups is 2. The van der Waals surface area contributed by atoms with Crippen LogP contribution in [0.15, 0.2) is 36.7 Å². The molecule has 25 heavy (non-hydrogen) atoms. The minimum atomic E-state index is -0.400. The van der Waals surface area contributed by atoms with Crippen LogP contribution in [-0.2, 0) is 16.0 Å². The van der Waals surface area contributed by atoms with Gasteiger partial charge in [0.05, 0.1) is 34.9 Å². The third kappa shape index (κ3) is 4.19. The first-order valence-electron chi connectivity index (χ1n) is 7.45. The lowest BCUT2D eigenvalue weighted by atomic mass is 10.3. The summed E-state index contributed by atoms with van der Waals surface area (Å²) in [4.78, 5) is 27.7. The van der Waals surface area contributed by atoms with Gasteiger partial charge in [0.2, 0.25) is 11.8 Å². The first kappa shape index (κ1) is 16.6. The number of rotatable bonds is 6. The molecule has 0 unspecified atom stereocenters. The van der Waals surface area contributed by atoms with Gasteiger partial charge >= 0.3 is 0 Å². The summed E-state index contributed by atoms with van der Waals surface area (Å²) in [6, 6.07) is 9.42. The molecule has 126 valence electrons. The maximum absolute atomic E-state index is 11.9. The molecule has 0 bridgehead atoms. The Hall–Kier alpha value is -3.25. The molecule has 8 nitrogen and oxygen atoms in total. The van der Waals surface area contributed by atoms with Gasteiger partial charge in [0.15, 0.2) is 0 Å².